The molecule has 1 aliphatic rings. The van der Waals surface area contributed by atoms with Gasteiger partial charge in [0.1, 0.15) is 0 Å². The van der Waals surface area contributed by atoms with Crippen molar-refractivity contribution < 1.29 is 0 Å². The molecule has 264 valence electrons. The lowest BCUT2D eigenvalue weighted by Gasteiger charge is -2.38. The van der Waals surface area contributed by atoms with Crippen molar-refractivity contribution in [2.75, 3.05) is 33.1 Å². The molecule has 0 atom stereocenters. The van der Waals surface area contributed by atoms with E-state index in [0.29, 0.717) is 0 Å². The summed E-state index contributed by atoms with van der Waals surface area (Å²) in [4.78, 5) is 4.58. The number of anilines is 2. The highest BCUT2D eigenvalue weighted by molar-refractivity contribution is 8.00. The number of nitrogens with zero attached hydrogens (tertiary/aromatic N) is 2. The molecule has 6 heteroatoms. The van der Waals surface area contributed by atoms with Crippen LogP contribution in [-0.2, 0) is 11.5 Å². The Kier molecular flexibility index (Phi) is 23.3. The largest absolute Gasteiger partial charge is 0.309 e. The average Bonchev–Trinajstić information content (AvgIpc) is 3.10. The predicted octanol–water partition coefficient (Wildman–Crippen LogP) is 14.3. The normalized spacial score (nSPS) is 13.5. The molecule has 47 heavy (non-hydrogen) atoms. The van der Waals surface area contributed by atoms with Gasteiger partial charge in [0.25, 0.3) is 0 Å². The number of thioether (sulfide) groups is 3. The van der Waals surface area contributed by atoms with Crippen LogP contribution < -0.4 is 9.80 Å². The predicted molar refractivity (Wildman–Crippen MR) is 224 cm³/mol. The fourth-order valence-corrected chi connectivity index (χ4v) is 9.61. The molecule has 0 N–H and O–H groups in total. The SMILES string of the molecule is CCCCCCCCCCCCSCc1ccc(N2CSCN(c3ccc(CSCCCCCCCCCCCC)cc3)C2=S)cc1. The molecule has 2 nitrogen and oxygen atoms in total. The molecule has 2 aromatic rings. The van der Waals surface area contributed by atoms with Gasteiger partial charge >= 0.3 is 0 Å². The van der Waals surface area contributed by atoms with Gasteiger partial charge in [-0.05, 0) is 72.0 Å². The van der Waals surface area contributed by atoms with Crippen molar-refractivity contribution in [1.82, 2.24) is 0 Å². The summed E-state index contributed by atoms with van der Waals surface area (Å²) in [5, 5.41) is 0.912. The maximum atomic E-state index is 6.03. The third-order valence-corrected chi connectivity index (χ3v) is 12.8. The first-order valence-electron chi connectivity index (χ1n) is 19.2. The fraction of sp³-hybridized carbons (Fsp3) is 0.683. The Balaban J connectivity index is 1.27. The highest BCUT2D eigenvalue weighted by atomic mass is 32.2. The maximum Gasteiger partial charge on any atom is 0.182 e. The van der Waals surface area contributed by atoms with Gasteiger partial charge in [0.15, 0.2) is 5.11 Å². The van der Waals surface area contributed by atoms with Crippen LogP contribution in [0.5, 0.6) is 0 Å². The van der Waals surface area contributed by atoms with Crippen LogP contribution in [0.2, 0.25) is 0 Å². The molecule has 2 aromatic carbocycles. The van der Waals surface area contributed by atoms with Gasteiger partial charge in [0, 0.05) is 22.9 Å². The van der Waals surface area contributed by atoms with Crippen LogP contribution in [0.25, 0.3) is 0 Å². The van der Waals surface area contributed by atoms with Gasteiger partial charge < -0.3 is 9.80 Å². The number of hydrogen-bond acceptors (Lipinski definition) is 4. The molecule has 0 amide bonds. The molecule has 0 unspecified atom stereocenters. The molecule has 0 radical (unpaired) electrons. The highest BCUT2D eigenvalue weighted by Gasteiger charge is 2.25. The van der Waals surface area contributed by atoms with Crippen molar-refractivity contribution in [2.45, 2.75) is 154 Å². The first kappa shape index (κ1) is 40.6. The van der Waals surface area contributed by atoms with Crippen LogP contribution in [0.1, 0.15) is 153 Å². The summed E-state index contributed by atoms with van der Waals surface area (Å²) in [5.41, 5.74) is 5.24. The van der Waals surface area contributed by atoms with Crippen molar-refractivity contribution in [3.63, 3.8) is 0 Å². The van der Waals surface area contributed by atoms with Crippen LogP contribution in [0.15, 0.2) is 48.5 Å². The van der Waals surface area contributed by atoms with Gasteiger partial charge in [-0.25, -0.2) is 0 Å². The first-order valence-corrected chi connectivity index (χ1v) is 23.1. The Hall–Kier alpha value is -0.820. The quantitative estimate of drug-likeness (QED) is 0.0635. The summed E-state index contributed by atoms with van der Waals surface area (Å²) in [7, 11) is 0. The van der Waals surface area contributed by atoms with Gasteiger partial charge in [-0.2, -0.15) is 23.5 Å². The van der Waals surface area contributed by atoms with E-state index in [4.69, 9.17) is 12.2 Å². The zero-order valence-corrected chi connectivity index (χ0v) is 33.3. The summed E-state index contributed by atoms with van der Waals surface area (Å²) in [5.74, 6) is 6.58. The minimum absolute atomic E-state index is 0.912. The van der Waals surface area contributed by atoms with Crippen molar-refractivity contribution in [1.29, 1.82) is 0 Å². The van der Waals surface area contributed by atoms with Crippen LogP contribution >= 0.6 is 47.5 Å². The third-order valence-electron chi connectivity index (χ3n) is 9.22. The number of rotatable bonds is 28. The Morgan fingerprint density at radius 3 is 1.15 bits per heavy atom. The summed E-state index contributed by atoms with van der Waals surface area (Å²) >= 11 is 12.1. The second kappa shape index (κ2) is 27.0. The average molecular weight is 715 g/mol. The Morgan fingerprint density at radius 2 is 0.809 bits per heavy atom. The molecular formula is C41H66N2S4. The minimum atomic E-state index is 0.912. The summed E-state index contributed by atoms with van der Waals surface area (Å²) in [6.45, 7) is 4.59. The van der Waals surface area contributed by atoms with Crippen LogP contribution in [0, 0.1) is 0 Å². The molecular weight excluding hydrogens is 649 g/mol. The summed E-state index contributed by atoms with van der Waals surface area (Å²) in [6.07, 6.45) is 28.2. The summed E-state index contributed by atoms with van der Waals surface area (Å²) < 4.78 is 0. The van der Waals surface area contributed by atoms with Crippen molar-refractivity contribution in [3.8, 4) is 0 Å². The van der Waals surface area contributed by atoms with E-state index in [0.717, 1.165) is 28.4 Å². The topological polar surface area (TPSA) is 6.48 Å². The lowest BCUT2D eigenvalue weighted by atomic mass is 10.1. The van der Waals surface area contributed by atoms with Gasteiger partial charge in [-0.3, -0.25) is 0 Å². The van der Waals surface area contributed by atoms with E-state index in [-0.39, 0.29) is 0 Å². The molecule has 1 saturated heterocycles. The molecule has 3 rings (SSSR count). The molecule has 0 spiro atoms. The molecule has 1 heterocycles. The molecule has 0 bridgehead atoms. The minimum Gasteiger partial charge on any atom is -0.309 e. The van der Waals surface area contributed by atoms with Gasteiger partial charge in [-0.15, -0.1) is 11.8 Å². The second-order valence-electron chi connectivity index (χ2n) is 13.4. The van der Waals surface area contributed by atoms with E-state index in [1.807, 2.05) is 11.8 Å². The molecule has 0 aromatic heterocycles. The van der Waals surface area contributed by atoms with Crippen molar-refractivity contribution in [2.24, 2.45) is 0 Å². The van der Waals surface area contributed by atoms with E-state index in [1.165, 1.54) is 162 Å². The Morgan fingerprint density at radius 1 is 0.489 bits per heavy atom. The molecule has 0 saturated carbocycles. The number of thiocarbonyl (C=S) groups is 1. The van der Waals surface area contributed by atoms with E-state index in [9.17, 15) is 0 Å². The van der Waals surface area contributed by atoms with E-state index >= 15 is 0 Å². The van der Waals surface area contributed by atoms with Crippen molar-refractivity contribution >= 4 is 64.0 Å². The van der Waals surface area contributed by atoms with Crippen LogP contribution in [-0.4, -0.2) is 28.4 Å². The second-order valence-corrected chi connectivity index (χ2v) is 16.9. The lowest BCUT2D eigenvalue weighted by molar-refractivity contribution is 0.563. The zero-order valence-electron chi connectivity index (χ0n) is 30.0. The molecule has 0 aliphatic carbocycles. The van der Waals surface area contributed by atoms with Crippen LogP contribution in [0.4, 0.5) is 11.4 Å². The van der Waals surface area contributed by atoms with Gasteiger partial charge in [-0.1, -0.05) is 154 Å². The Labute approximate surface area is 308 Å². The molecule has 1 fully saturated rings. The third kappa shape index (κ3) is 17.6. The number of hydrogen-bond donors (Lipinski definition) is 0. The number of unbranched alkanes of at least 4 members (excludes halogenated alkanes) is 18. The standard InChI is InChI=1S/C41H66N2S4/c1-3-5-7-9-11-13-15-17-19-21-31-45-33-37-23-27-39(28-24-37)42-35-47-36-43(41(42)44)40-29-25-38(26-30-40)34-46-32-22-20-18-16-14-12-10-8-6-4-2/h23-30H,3-22,31-36H2,1-2H3. The number of benzene rings is 2. The highest BCUT2D eigenvalue weighted by Crippen LogP contribution is 2.30. The van der Waals surface area contributed by atoms with Gasteiger partial charge in [0.2, 0.25) is 0 Å². The van der Waals surface area contributed by atoms with Gasteiger partial charge in [0.05, 0.1) is 11.8 Å². The first-order chi connectivity index (χ1) is 23.2. The zero-order chi connectivity index (χ0) is 33.2. The van der Waals surface area contributed by atoms with E-state index < -0.39 is 0 Å². The lowest BCUT2D eigenvalue weighted by Crippen LogP contribution is -2.47. The smallest absolute Gasteiger partial charge is 0.182 e. The fourth-order valence-electron chi connectivity index (χ4n) is 6.16. The van der Waals surface area contributed by atoms with E-state index in [2.05, 4.69) is 95.7 Å². The molecule has 1 aliphatic heterocycles. The van der Waals surface area contributed by atoms with Crippen molar-refractivity contribution in [3.05, 3.63) is 59.7 Å². The maximum absolute atomic E-state index is 6.03. The Bertz CT molecular complexity index is 961. The monoisotopic (exact) mass is 714 g/mol. The van der Waals surface area contributed by atoms with E-state index in [1.54, 1.807) is 0 Å². The van der Waals surface area contributed by atoms with Crippen LogP contribution in [0.3, 0.4) is 0 Å². The summed E-state index contributed by atoms with van der Waals surface area (Å²) in [6, 6.07) is 18.3.